The van der Waals surface area contributed by atoms with Crippen molar-refractivity contribution in [2.45, 2.75) is 12.8 Å². The van der Waals surface area contributed by atoms with Crippen molar-refractivity contribution in [3.05, 3.63) is 58.3 Å². The largest absolute Gasteiger partial charge is 0.451 e. The molecule has 0 unspecified atom stereocenters. The van der Waals surface area contributed by atoms with Crippen molar-refractivity contribution in [3.63, 3.8) is 0 Å². The van der Waals surface area contributed by atoms with Crippen molar-refractivity contribution in [1.29, 1.82) is 0 Å². The predicted molar refractivity (Wildman–Crippen MR) is 82.5 cm³/mol. The smallest absolute Gasteiger partial charge is 0.348 e. The molecule has 0 bridgehead atoms. The fourth-order valence-electron chi connectivity index (χ4n) is 1.81. The quantitative estimate of drug-likeness (QED) is 0.835. The first kappa shape index (κ1) is 15.3. The van der Waals surface area contributed by atoms with Crippen LogP contribution < -0.4 is 5.32 Å². The number of carbonyl (C=O) groups excluding carboxylic acids is 2. The summed E-state index contributed by atoms with van der Waals surface area (Å²) in [6.07, 6.45) is 0. The minimum atomic E-state index is -0.462. The van der Waals surface area contributed by atoms with Gasteiger partial charge in [-0.05, 0) is 22.9 Å². The van der Waals surface area contributed by atoms with Gasteiger partial charge in [0, 0.05) is 6.54 Å². The molecule has 2 rings (SSSR count). The number of hydrogen-bond donors (Lipinski definition) is 1. The second-order valence-corrected chi connectivity index (χ2v) is 5.62. The van der Waals surface area contributed by atoms with E-state index in [0.29, 0.717) is 11.4 Å². The Kier molecular flexibility index (Phi) is 5.51. The third-order valence-corrected chi connectivity index (χ3v) is 3.88. The van der Waals surface area contributed by atoms with Crippen molar-refractivity contribution >= 4 is 23.2 Å². The molecular formula is C16H17NO3S. The van der Waals surface area contributed by atoms with Gasteiger partial charge >= 0.3 is 5.97 Å². The monoisotopic (exact) mass is 303 g/mol. The van der Waals surface area contributed by atoms with E-state index in [1.165, 1.54) is 11.3 Å². The van der Waals surface area contributed by atoms with Crippen LogP contribution in [-0.4, -0.2) is 25.0 Å². The van der Waals surface area contributed by atoms with E-state index in [0.717, 1.165) is 5.56 Å². The van der Waals surface area contributed by atoms with E-state index in [2.05, 4.69) is 5.32 Å². The first-order valence-electron chi connectivity index (χ1n) is 6.69. The number of thiophene rings is 1. The second-order valence-electron chi connectivity index (χ2n) is 4.67. The molecule has 0 aliphatic carbocycles. The maximum absolute atomic E-state index is 11.7. The van der Waals surface area contributed by atoms with Crippen molar-refractivity contribution in [1.82, 2.24) is 5.32 Å². The highest BCUT2D eigenvalue weighted by Crippen LogP contribution is 2.13. The SMILES string of the molecule is C[C@H](CNC(=O)COC(=O)c1cccs1)c1ccccc1. The summed E-state index contributed by atoms with van der Waals surface area (Å²) in [6, 6.07) is 13.4. The molecule has 0 aliphatic heterocycles. The molecule has 1 aromatic heterocycles. The summed E-state index contributed by atoms with van der Waals surface area (Å²) in [5, 5.41) is 4.56. The summed E-state index contributed by atoms with van der Waals surface area (Å²) in [5.74, 6) is -0.540. The average molecular weight is 303 g/mol. The lowest BCUT2D eigenvalue weighted by atomic mass is 10.0. The summed E-state index contributed by atoms with van der Waals surface area (Å²) in [4.78, 5) is 23.7. The summed E-state index contributed by atoms with van der Waals surface area (Å²) in [7, 11) is 0. The number of amides is 1. The maximum Gasteiger partial charge on any atom is 0.348 e. The molecule has 21 heavy (non-hydrogen) atoms. The molecule has 5 heteroatoms. The van der Waals surface area contributed by atoms with Crippen molar-refractivity contribution in [2.75, 3.05) is 13.2 Å². The Morgan fingerprint density at radius 3 is 2.62 bits per heavy atom. The molecule has 0 saturated heterocycles. The van der Waals surface area contributed by atoms with Gasteiger partial charge in [-0.15, -0.1) is 11.3 Å². The lowest BCUT2D eigenvalue weighted by molar-refractivity contribution is -0.124. The average Bonchev–Trinajstić information content (AvgIpc) is 3.05. The Morgan fingerprint density at radius 1 is 1.19 bits per heavy atom. The maximum atomic E-state index is 11.7. The molecular weight excluding hydrogens is 286 g/mol. The molecule has 1 N–H and O–H groups in total. The minimum Gasteiger partial charge on any atom is -0.451 e. The highest BCUT2D eigenvalue weighted by Gasteiger charge is 2.12. The van der Waals surface area contributed by atoms with Gasteiger partial charge in [0.05, 0.1) is 0 Å². The van der Waals surface area contributed by atoms with Crippen molar-refractivity contribution in [3.8, 4) is 0 Å². The van der Waals surface area contributed by atoms with Crippen molar-refractivity contribution in [2.24, 2.45) is 0 Å². The normalized spacial score (nSPS) is 11.7. The molecule has 0 radical (unpaired) electrons. The number of rotatable bonds is 6. The van der Waals surface area contributed by atoms with Crippen LogP contribution in [0.25, 0.3) is 0 Å². The van der Waals surface area contributed by atoms with E-state index in [1.807, 2.05) is 37.3 Å². The van der Waals surface area contributed by atoms with Crippen LogP contribution in [0.1, 0.15) is 28.1 Å². The molecule has 1 aromatic carbocycles. The van der Waals surface area contributed by atoms with Crippen LogP contribution in [0.15, 0.2) is 47.8 Å². The van der Waals surface area contributed by atoms with E-state index in [1.54, 1.807) is 17.5 Å². The number of carbonyl (C=O) groups is 2. The van der Waals surface area contributed by atoms with Gasteiger partial charge in [0.2, 0.25) is 0 Å². The van der Waals surface area contributed by atoms with Crippen LogP contribution in [0.5, 0.6) is 0 Å². The Hall–Kier alpha value is -2.14. The fourth-order valence-corrected chi connectivity index (χ4v) is 2.43. The van der Waals surface area contributed by atoms with Crippen LogP contribution in [0.4, 0.5) is 0 Å². The van der Waals surface area contributed by atoms with Crippen LogP contribution in [-0.2, 0) is 9.53 Å². The highest BCUT2D eigenvalue weighted by atomic mass is 32.1. The van der Waals surface area contributed by atoms with Gasteiger partial charge in [-0.3, -0.25) is 4.79 Å². The first-order chi connectivity index (χ1) is 10.2. The summed E-state index contributed by atoms with van der Waals surface area (Å²) < 4.78 is 4.95. The Balaban J connectivity index is 1.71. The zero-order chi connectivity index (χ0) is 15.1. The summed E-state index contributed by atoms with van der Waals surface area (Å²) in [5.41, 5.74) is 1.16. The molecule has 1 heterocycles. The topological polar surface area (TPSA) is 55.4 Å². The molecule has 4 nitrogen and oxygen atoms in total. The van der Waals surface area contributed by atoms with Crippen LogP contribution in [0.3, 0.4) is 0 Å². The third kappa shape index (κ3) is 4.72. The Bertz CT molecular complexity index is 581. The molecule has 1 amide bonds. The predicted octanol–water partition coefficient (Wildman–Crippen LogP) is 2.82. The standard InChI is InChI=1S/C16H17NO3S/c1-12(13-6-3-2-4-7-13)10-17-15(18)11-20-16(19)14-8-5-9-21-14/h2-9,12H,10-11H2,1H3,(H,17,18)/t12-/m1/s1. The number of esters is 1. The molecule has 110 valence electrons. The van der Waals surface area contributed by atoms with Gasteiger partial charge in [-0.1, -0.05) is 43.3 Å². The van der Waals surface area contributed by atoms with Crippen LogP contribution in [0, 0.1) is 0 Å². The van der Waals surface area contributed by atoms with Gasteiger partial charge in [0.1, 0.15) is 4.88 Å². The van der Waals surface area contributed by atoms with Crippen LogP contribution >= 0.6 is 11.3 Å². The first-order valence-corrected chi connectivity index (χ1v) is 7.57. The van der Waals surface area contributed by atoms with Gasteiger partial charge < -0.3 is 10.1 Å². The molecule has 0 saturated carbocycles. The van der Waals surface area contributed by atoms with Gasteiger partial charge in [0.25, 0.3) is 5.91 Å². The number of benzene rings is 1. The van der Waals surface area contributed by atoms with Crippen molar-refractivity contribution < 1.29 is 14.3 Å². The minimum absolute atomic E-state index is 0.211. The Labute approximate surface area is 127 Å². The van der Waals surface area contributed by atoms with E-state index in [4.69, 9.17) is 4.74 Å². The van der Waals surface area contributed by atoms with Gasteiger partial charge in [0.15, 0.2) is 6.61 Å². The number of ether oxygens (including phenoxy) is 1. The zero-order valence-corrected chi connectivity index (χ0v) is 12.6. The molecule has 0 spiro atoms. The number of hydrogen-bond acceptors (Lipinski definition) is 4. The highest BCUT2D eigenvalue weighted by molar-refractivity contribution is 7.11. The lowest BCUT2D eigenvalue weighted by Gasteiger charge is -2.13. The van der Waals surface area contributed by atoms with E-state index < -0.39 is 5.97 Å². The van der Waals surface area contributed by atoms with Crippen LogP contribution in [0.2, 0.25) is 0 Å². The van der Waals surface area contributed by atoms with Gasteiger partial charge in [-0.25, -0.2) is 4.79 Å². The van der Waals surface area contributed by atoms with E-state index in [-0.39, 0.29) is 18.4 Å². The van der Waals surface area contributed by atoms with E-state index >= 15 is 0 Å². The second kappa shape index (κ2) is 7.59. The molecule has 0 aliphatic rings. The van der Waals surface area contributed by atoms with Gasteiger partial charge in [-0.2, -0.15) is 0 Å². The Morgan fingerprint density at radius 2 is 1.95 bits per heavy atom. The van der Waals surface area contributed by atoms with E-state index in [9.17, 15) is 9.59 Å². The molecule has 0 fully saturated rings. The zero-order valence-electron chi connectivity index (χ0n) is 11.7. The molecule has 2 aromatic rings. The fraction of sp³-hybridized carbons (Fsp3) is 0.250. The number of nitrogens with one attached hydrogen (secondary N) is 1. The molecule has 1 atom stereocenters. The third-order valence-electron chi connectivity index (χ3n) is 3.03. The summed E-state index contributed by atoms with van der Waals surface area (Å²) in [6.45, 7) is 2.30. The lowest BCUT2D eigenvalue weighted by Crippen LogP contribution is -2.31. The summed E-state index contributed by atoms with van der Waals surface area (Å²) >= 11 is 1.29.